The third-order valence-corrected chi connectivity index (χ3v) is 7.11. The molecular weight excluding hydrogens is 438 g/mol. The molecule has 2 aromatic heterocycles. The minimum atomic E-state index is -0.301. The maximum Gasteiger partial charge on any atom is 0.273 e. The van der Waals surface area contributed by atoms with Gasteiger partial charge in [-0.1, -0.05) is 38.1 Å². The SMILES string of the molecule is CC(C)Cn1cc(-c2cnn(C)c2)cc(NC2CCC(c3ccc(C(C)C(N)=O)cc3)CC2)c1=O. The highest BCUT2D eigenvalue weighted by atomic mass is 16.1. The fourth-order valence-electron chi connectivity index (χ4n) is 5.01. The molecule has 3 aromatic rings. The van der Waals surface area contributed by atoms with Crippen LogP contribution in [0.25, 0.3) is 11.1 Å². The summed E-state index contributed by atoms with van der Waals surface area (Å²) in [6, 6.07) is 10.6. The van der Waals surface area contributed by atoms with E-state index in [1.807, 2.05) is 55.3 Å². The number of nitrogens with zero attached hydrogens (tertiary/aromatic N) is 3. The summed E-state index contributed by atoms with van der Waals surface area (Å²) in [5.41, 5.74) is 10.4. The van der Waals surface area contributed by atoms with Crippen LogP contribution in [0.3, 0.4) is 0 Å². The lowest BCUT2D eigenvalue weighted by Crippen LogP contribution is -2.31. The number of hydrogen-bond acceptors (Lipinski definition) is 4. The maximum absolute atomic E-state index is 13.2. The topological polar surface area (TPSA) is 94.9 Å². The number of anilines is 1. The van der Waals surface area contributed by atoms with E-state index >= 15 is 0 Å². The Kier molecular flexibility index (Phi) is 7.43. The van der Waals surface area contributed by atoms with Gasteiger partial charge < -0.3 is 15.6 Å². The van der Waals surface area contributed by atoms with E-state index in [0.29, 0.717) is 24.1 Å². The number of rotatable bonds is 8. The smallest absolute Gasteiger partial charge is 0.273 e. The molecule has 1 aliphatic rings. The Morgan fingerprint density at radius 1 is 1.09 bits per heavy atom. The van der Waals surface area contributed by atoms with Gasteiger partial charge in [-0.2, -0.15) is 5.10 Å². The van der Waals surface area contributed by atoms with Gasteiger partial charge in [0.25, 0.3) is 5.56 Å². The zero-order valence-electron chi connectivity index (χ0n) is 21.2. The van der Waals surface area contributed by atoms with Crippen LogP contribution < -0.4 is 16.6 Å². The van der Waals surface area contributed by atoms with E-state index in [1.165, 1.54) is 5.56 Å². The number of pyridine rings is 1. The lowest BCUT2D eigenvalue weighted by molar-refractivity contribution is -0.119. The summed E-state index contributed by atoms with van der Waals surface area (Å²) >= 11 is 0. The van der Waals surface area contributed by atoms with E-state index in [2.05, 4.69) is 36.4 Å². The fourth-order valence-corrected chi connectivity index (χ4v) is 5.01. The van der Waals surface area contributed by atoms with Gasteiger partial charge in [0.1, 0.15) is 5.69 Å². The van der Waals surface area contributed by atoms with Crippen LogP contribution in [0.1, 0.15) is 69.4 Å². The molecule has 0 saturated heterocycles. The molecule has 1 fully saturated rings. The predicted molar refractivity (Wildman–Crippen MR) is 140 cm³/mol. The van der Waals surface area contributed by atoms with E-state index < -0.39 is 0 Å². The Labute approximate surface area is 207 Å². The number of benzene rings is 1. The minimum Gasteiger partial charge on any atom is -0.378 e. The average molecular weight is 476 g/mol. The monoisotopic (exact) mass is 475 g/mol. The summed E-state index contributed by atoms with van der Waals surface area (Å²) in [5, 5.41) is 7.87. The first-order valence-corrected chi connectivity index (χ1v) is 12.6. The molecular formula is C28H37N5O2. The number of nitrogens with one attached hydrogen (secondary N) is 1. The van der Waals surface area contributed by atoms with Gasteiger partial charge in [0.2, 0.25) is 5.91 Å². The zero-order chi connectivity index (χ0) is 25.1. The molecule has 0 aliphatic heterocycles. The summed E-state index contributed by atoms with van der Waals surface area (Å²) in [6.07, 6.45) is 9.89. The molecule has 186 valence electrons. The predicted octanol–water partition coefficient (Wildman–Crippen LogP) is 4.63. The Hall–Kier alpha value is -3.35. The van der Waals surface area contributed by atoms with Crippen molar-refractivity contribution in [1.29, 1.82) is 0 Å². The third-order valence-electron chi connectivity index (χ3n) is 7.11. The van der Waals surface area contributed by atoms with Crippen molar-refractivity contribution >= 4 is 11.6 Å². The summed E-state index contributed by atoms with van der Waals surface area (Å²) < 4.78 is 3.61. The molecule has 1 unspecified atom stereocenters. The summed E-state index contributed by atoms with van der Waals surface area (Å²) in [6.45, 7) is 6.77. The van der Waals surface area contributed by atoms with Gasteiger partial charge in [-0.15, -0.1) is 0 Å². The van der Waals surface area contributed by atoms with E-state index in [-0.39, 0.29) is 23.4 Å². The van der Waals surface area contributed by atoms with Gasteiger partial charge >= 0.3 is 0 Å². The minimum absolute atomic E-state index is 0.0348. The Morgan fingerprint density at radius 2 is 1.77 bits per heavy atom. The molecule has 1 aliphatic carbocycles. The molecule has 7 heteroatoms. The lowest BCUT2D eigenvalue weighted by Gasteiger charge is -2.30. The molecule has 7 nitrogen and oxygen atoms in total. The zero-order valence-corrected chi connectivity index (χ0v) is 21.2. The van der Waals surface area contributed by atoms with Crippen LogP contribution in [0.2, 0.25) is 0 Å². The van der Waals surface area contributed by atoms with Crippen molar-refractivity contribution in [3.63, 3.8) is 0 Å². The molecule has 0 spiro atoms. The number of carbonyl (C=O) groups is 1. The summed E-state index contributed by atoms with van der Waals surface area (Å²) in [4.78, 5) is 24.7. The molecule has 3 N–H and O–H groups in total. The second kappa shape index (κ2) is 10.5. The van der Waals surface area contributed by atoms with Crippen molar-refractivity contribution in [3.05, 3.63) is 70.4 Å². The Bertz CT molecular complexity index is 1220. The molecule has 35 heavy (non-hydrogen) atoms. The van der Waals surface area contributed by atoms with Gasteiger partial charge in [0, 0.05) is 43.2 Å². The summed E-state index contributed by atoms with van der Waals surface area (Å²) in [5.74, 6) is 0.290. The van der Waals surface area contributed by atoms with Crippen molar-refractivity contribution in [2.75, 3.05) is 5.32 Å². The maximum atomic E-state index is 13.2. The van der Waals surface area contributed by atoms with Crippen LogP contribution in [-0.2, 0) is 18.4 Å². The van der Waals surface area contributed by atoms with Crippen LogP contribution in [0.15, 0.2) is 53.7 Å². The van der Waals surface area contributed by atoms with Crippen LogP contribution in [0.5, 0.6) is 0 Å². The number of aryl methyl sites for hydroxylation is 1. The highest BCUT2D eigenvalue weighted by Gasteiger charge is 2.24. The van der Waals surface area contributed by atoms with E-state index in [9.17, 15) is 9.59 Å². The number of nitrogens with two attached hydrogens (primary N) is 1. The van der Waals surface area contributed by atoms with Crippen molar-refractivity contribution in [3.8, 4) is 11.1 Å². The number of carbonyl (C=O) groups excluding carboxylic acids is 1. The normalized spacial score (nSPS) is 19.0. The highest BCUT2D eigenvalue weighted by molar-refractivity contribution is 5.81. The molecule has 2 heterocycles. The van der Waals surface area contributed by atoms with E-state index in [4.69, 9.17) is 5.73 Å². The summed E-state index contributed by atoms with van der Waals surface area (Å²) in [7, 11) is 1.90. The molecule has 4 rings (SSSR count). The second-order valence-electron chi connectivity index (χ2n) is 10.4. The van der Waals surface area contributed by atoms with E-state index in [1.54, 1.807) is 4.68 Å². The first-order valence-electron chi connectivity index (χ1n) is 12.6. The van der Waals surface area contributed by atoms with Crippen molar-refractivity contribution in [2.45, 2.75) is 70.9 Å². The number of aromatic nitrogens is 3. The molecule has 1 amide bonds. The van der Waals surface area contributed by atoms with Gasteiger partial charge in [-0.25, -0.2) is 0 Å². The number of hydrogen-bond donors (Lipinski definition) is 2. The first-order chi connectivity index (χ1) is 16.7. The highest BCUT2D eigenvalue weighted by Crippen LogP contribution is 2.34. The largest absolute Gasteiger partial charge is 0.378 e. The van der Waals surface area contributed by atoms with E-state index in [0.717, 1.165) is 42.4 Å². The second-order valence-corrected chi connectivity index (χ2v) is 10.4. The average Bonchev–Trinajstić information content (AvgIpc) is 3.27. The Morgan fingerprint density at radius 3 is 2.34 bits per heavy atom. The van der Waals surface area contributed by atoms with Crippen LogP contribution in [0.4, 0.5) is 5.69 Å². The van der Waals surface area contributed by atoms with Gasteiger partial charge in [-0.3, -0.25) is 14.3 Å². The van der Waals surface area contributed by atoms with Gasteiger partial charge in [0.15, 0.2) is 0 Å². The number of amides is 1. The Balaban J connectivity index is 1.46. The quantitative estimate of drug-likeness (QED) is 0.496. The molecule has 1 saturated carbocycles. The van der Waals surface area contributed by atoms with Crippen LogP contribution >= 0.6 is 0 Å². The molecule has 1 atom stereocenters. The molecule has 0 radical (unpaired) electrons. The lowest BCUT2D eigenvalue weighted by atomic mass is 9.81. The number of primary amides is 1. The first kappa shape index (κ1) is 24.8. The van der Waals surface area contributed by atoms with Gasteiger partial charge in [0.05, 0.1) is 12.1 Å². The van der Waals surface area contributed by atoms with Crippen molar-refractivity contribution < 1.29 is 4.79 Å². The molecule has 0 bridgehead atoms. The molecule has 1 aromatic carbocycles. The van der Waals surface area contributed by atoms with Crippen molar-refractivity contribution in [2.24, 2.45) is 18.7 Å². The van der Waals surface area contributed by atoms with Crippen LogP contribution in [-0.4, -0.2) is 26.3 Å². The third kappa shape index (κ3) is 5.84. The van der Waals surface area contributed by atoms with Crippen LogP contribution in [0, 0.1) is 5.92 Å². The van der Waals surface area contributed by atoms with Crippen molar-refractivity contribution in [1.82, 2.24) is 14.3 Å². The standard InChI is InChI=1S/C28H37N5O2/c1-18(2)15-33-17-23(24-14-30-32(4)16-24)13-26(28(33)35)31-25-11-9-22(10-12-25)21-7-5-20(6-8-21)19(3)27(29)34/h5-8,13-14,16-19,22,25,31H,9-12,15H2,1-4H3,(H2,29,34). The van der Waals surface area contributed by atoms with Gasteiger partial charge in [-0.05, 0) is 61.6 Å². The fraction of sp³-hybridized carbons (Fsp3) is 0.464.